The third kappa shape index (κ3) is 2.24. The molecule has 1 nitrogen and oxygen atoms in total. The minimum absolute atomic E-state index is 0.644. The quantitative estimate of drug-likeness (QED) is 0.780. The van der Waals surface area contributed by atoms with Crippen molar-refractivity contribution in [2.45, 2.75) is 78.7 Å². The normalized spacial score (nSPS) is 50.2. The van der Waals surface area contributed by atoms with Gasteiger partial charge in [0.2, 0.25) is 0 Å². The number of hydrogen-bond acceptors (Lipinski definition) is 1. The molecule has 1 N–H and O–H groups in total. The minimum Gasteiger partial charge on any atom is -0.315 e. The Morgan fingerprint density at radius 2 is 1.61 bits per heavy atom. The van der Waals surface area contributed by atoms with Crippen LogP contribution in [0.3, 0.4) is 0 Å². The highest BCUT2D eigenvalue weighted by atomic mass is 14.9. The lowest BCUT2D eigenvalue weighted by Crippen LogP contribution is -2.55. The first kappa shape index (κ1) is 13.0. The molecule has 4 aliphatic carbocycles. The fraction of sp³-hybridized carbons (Fsp3) is 1.00. The molecule has 0 amide bonds. The third-order valence-electron chi connectivity index (χ3n) is 5.95. The van der Waals surface area contributed by atoms with Crippen molar-refractivity contribution in [2.24, 2.45) is 22.2 Å². The standard InChI is InChI=1S/C17H31N/c1-13(2)18-6-5-17-9-14-7-15(3,11-17)10-16(4,8-14)12-17/h13-14,18H,5-12H2,1-4H3. The van der Waals surface area contributed by atoms with Gasteiger partial charge in [0.1, 0.15) is 0 Å². The molecule has 0 aromatic rings. The van der Waals surface area contributed by atoms with E-state index in [0.29, 0.717) is 22.3 Å². The van der Waals surface area contributed by atoms with Crippen LogP contribution < -0.4 is 5.32 Å². The molecule has 4 rings (SSSR count). The molecule has 0 aromatic carbocycles. The maximum Gasteiger partial charge on any atom is 0.00103 e. The summed E-state index contributed by atoms with van der Waals surface area (Å²) in [5.41, 5.74) is 2.07. The van der Waals surface area contributed by atoms with Gasteiger partial charge in [-0.3, -0.25) is 0 Å². The molecule has 4 bridgehead atoms. The molecule has 18 heavy (non-hydrogen) atoms. The van der Waals surface area contributed by atoms with E-state index in [1.54, 1.807) is 0 Å². The number of rotatable bonds is 4. The predicted octanol–water partition coefficient (Wildman–Crippen LogP) is 4.37. The van der Waals surface area contributed by atoms with E-state index >= 15 is 0 Å². The van der Waals surface area contributed by atoms with Crippen LogP contribution in [0.15, 0.2) is 0 Å². The first-order valence-electron chi connectivity index (χ1n) is 8.06. The van der Waals surface area contributed by atoms with Gasteiger partial charge in [0.25, 0.3) is 0 Å². The summed E-state index contributed by atoms with van der Waals surface area (Å²) < 4.78 is 0. The summed E-state index contributed by atoms with van der Waals surface area (Å²) >= 11 is 0. The maximum absolute atomic E-state index is 3.65. The predicted molar refractivity (Wildman–Crippen MR) is 77.6 cm³/mol. The summed E-state index contributed by atoms with van der Waals surface area (Å²) in [4.78, 5) is 0. The van der Waals surface area contributed by atoms with E-state index in [1.165, 1.54) is 51.5 Å². The van der Waals surface area contributed by atoms with Gasteiger partial charge in [-0.1, -0.05) is 27.7 Å². The monoisotopic (exact) mass is 249 g/mol. The molecule has 4 saturated carbocycles. The molecular weight excluding hydrogens is 218 g/mol. The van der Waals surface area contributed by atoms with Crippen molar-refractivity contribution in [3.8, 4) is 0 Å². The maximum atomic E-state index is 3.65. The van der Waals surface area contributed by atoms with Crippen LogP contribution in [-0.2, 0) is 0 Å². The fourth-order valence-electron chi connectivity index (χ4n) is 6.59. The zero-order chi connectivity index (χ0) is 13.0. The van der Waals surface area contributed by atoms with E-state index in [4.69, 9.17) is 0 Å². The van der Waals surface area contributed by atoms with Gasteiger partial charge >= 0.3 is 0 Å². The Bertz CT molecular complexity index is 315. The van der Waals surface area contributed by atoms with Gasteiger partial charge in [0, 0.05) is 6.04 Å². The minimum atomic E-state index is 0.644. The average Bonchev–Trinajstić information content (AvgIpc) is 2.09. The number of nitrogens with one attached hydrogen (secondary N) is 1. The molecule has 2 unspecified atom stereocenters. The van der Waals surface area contributed by atoms with Crippen molar-refractivity contribution < 1.29 is 0 Å². The van der Waals surface area contributed by atoms with E-state index in [1.807, 2.05) is 0 Å². The SMILES string of the molecule is CC(C)NCCC12CC3CC(C)(CC(C)(C3)C1)C2. The highest BCUT2D eigenvalue weighted by Gasteiger charge is 2.59. The lowest BCUT2D eigenvalue weighted by molar-refractivity contribution is -0.147. The van der Waals surface area contributed by atoms with Gasteiger partial charge in [-0.2, -0.15) is 0 Å². The molecule has 1 heteroatoms. The smallest absolute Gasteiger partial charge is 0.00103 e. The molecule has 0 aromatic heterocycles. The Morgan fingerprint density at radius 1 is 1.00 bits per heavy atom. The largest absolute Gasteiger partial charge is 0.315 e. The Balaban J connectivity index is 1.72. The Kier molecular flexibility index (Phi) is 2.86. The van der Waals surface area contributed by atoms with Crippen LogP contribution in [0.25, 0.3) is 0 Å². The van der Waals surface area contributed by atoms with Crippen molar-refractivity contribution >= 4 is 0 Å². The van der Waals surface area contributed by atoms with E-state index in [0.717, 1.165) is 5.92 Å². The molecule has 0 aliphatic heterocycles. The molecule has 4 fully saturated rings. The van der Waals surface area contributed by atoms with Crippen molar-refractivity contribution in [2.75, 3.05) is 6.54 Å². The highest BCUT2D eigenvalue weighted by molar-refractivity contribution is 5.10. The van der Waals surface area contributed by atoms with Crippen molar-refractivity contribution in [3.05, 3.63) is 0 Å². The van der Waals surface area contributed by atoms with E-state index < -0.39 is 0 Å². The molecule has 0 spiro atoms. The lowest BCUT2D eigenvalue weighted by atomic mass is 9.40. The molecule has 104 valence electrons. The summed E-state index contributed by atoms with van der Waals surface area (Å²) in [6.07, 6.45) is 10.6. The summed E-state index contributed by atoms with van der Waals surface area (Å²) in [5.74, 6) is 1.05. The zero-order valence-electron chi connectivity index (χ0n) is 12.8. The van der Waals surface area contributed by atoms with Crippen molar-refractivity contribution in [3.63, 3.8) is 0 Å². The van der Waals surface area contributed by atoms with Crippen LogP contribution in [0, 0.1) is 22.2 Å². The van der Waals surface area contributed by atoms with Gasteiger partial charge in [-0.15, -0.1) is 0 Å². The van der Waals surface area contributed by atoms with Crippen LogP contribution in [0.1, 0.15) is 72.6 Å². The van der Waals surface area contributed by atoms with Crippen LogP contribution in [0.4, 0.5) is 0 Å². The van der Waals surface area contributed by atoms with Gasteiger partial charge in [-0.25, -0.2) is 0 Å². The lowest BCUT2D eigenvalue weighted by Gasteiger charge is -2.65. The first-order chi connectivity index (χ1) is 8.32. The Morgan fingerprint density at radius 3 is 2.11 bits per heavy atom. The first-order valence-corrected chi connectivity index (χ1v) is 8.06. The van der Waals surface area contributed by atoms with E-state index in [2.05, 4.69) is 33.0 Å². The molecule has 0 radical (unpaired) electrons. The molecule has 0 saturated heterocycles. The van der Waals surface area contributed by atoms with Crippen molar-refractivity contribution in [1.29, 1.82) is 0 Å². The van der Waals surface area contributed by atoms with E-state index in [-0.39, 0.29) is 0 Å². The van der Waals surface area contributed by atoms with Crippen LogP contribution in [0.5, 0.6) is 0 Å². The van der Waals surface area contributed by atoms with Gasteiger partial charge < -0.3 is 5.32 Å². The Hall–Kier alpha value is -0.0400. The zero-order valence-corrected chi connectivity index (χ0v) is 12.8. The summed E-state index contributed by atoms with van der Waals surface area (Å²) in [6.45, 7) is 10.9. The fourth-order valence-corrected chi connectivity index (χ4v) is 6.59. The van der Waals surface area contributed by atoms with Crippen LogP contribution in [0.2, 0.25) is 0 Å². The second kappa shape index (κ2) is 3.98. The molecule has 4 aliphatic rings. The highest BCUT2D eigenvalue weighted by Crippen LogP contribution is 2.70. The third-order valence-corrected chi connectivity index (χ3v) is 5.95. The van der Waals surface area contributed by atoms with Gasteiger partial charge in [0.05, 0.1) is 0 Å². The topological polar surface area (TPSA) is 12.0 Å². The van der Waals surface area contributed by atoms with Crippen LogP contribution >= 0.6 is 0 Å². The second-order valence-electron chi connectivity index (χ2n) is 8.99. The van der Waals surface area contributed by atoms with Crippen LogP contribution in [-0.4, -0.2) is 12.6 Å². The van der Waals surface area contributed by atoms with Gasteiger partial charge in [0.15, 0.2) is 0 Å². The summed E-state index contributed by atoms with van der Waals surface area (Å²) in [5, 5.41) is 3.65. The molecule has 2 atom stereocenters. The second-order valence-corrected chi connectivity index (χ2v) is 8.99. The summed E-state index contributed by atoms with van der Waals surface area (Å²) in [7, 11) is 0. The molecule has 0 heterocycles. The summed E-state index contributed by atoms with van der Waals surface area (Å²) in [6, 6.07) is 0.644. The van der Waals surface area contributed by atoms with Crippen molar-refractivity contribution in [1.82, 2.24) is 5.32 Å². The molecular formula is C17H31N. The van der Waals surface area contributed by atoms with Gasteiger partial charge in [-0.05, 0) is 73.7 Å². The Labute approximate surface area is 113 Å². The average molecular weight is 249 g/mol. The van der Waals surface area contributed by atoms with E-state index in [9.17, 15) is 0 Å². The number of hydrogen-bond donors (Lipinski definition) is 1.